The predicted molar refractivity (Wildman–Crippen MR) is 92.0 cm³/mol. The zero-order valence-corrected chi connectivity index (χ0v) is 13.9. The van der Waals surface area contributed by atoms with E-state index in [1.165, 1.54) is 37.2 Å². The number of rotatable bonds is 7. The molecule has 1 aromatic carbocycles. The largest absolute Gasteiger partial charge is 0.373 e. The molecule has 1 aliphatic rings. The van der Waals surface area contributed by atoms with Gasteiger partial charge in [0.1, 0.15) is 0 Å². The SMILES string of the molecule is CCC(N)Cc1ccc(N(C)CC2CCCN2CC)cc1. The summed E-state index contributed by atoms with van der Waals surface area (Å²) in [5.74, 6) is 0. The molecule has 1 heterocycles. The van der Waals surface area contributed by atoms with Crippen molar-refractivity contribution in [1.29, 1.82) is 0 Å². The summed E-state index contributed by atoms with van der Waals surface area (Å²) in [5, 5.41) is 0. The molecular formula is C18H31N3. The molecule has 118 valence electrons. The van der Waals surface area contributed by atoms with Gasteiger partial charge in [-0.1, -0.05) is 26.0 Å². The summed E-state index contributed by atoms with van der Waals surface area (Å²) in [6.07, 6.45) is 4.70. The maximum Gasteiger partial charge on any atom is 0.0364 e. The van der Waals surface area contributed by atoms with Crippen LogP contribution in [0.4, 0.5) is 5.69 Å². The Morgan fingerprint density at radius 3 is 2.62 bits per heavy atom. The molecule has 0 aromatic heterocycles. The Morgan fingerprint density at radius 2 is 2.00 bits per heavy atom. The van der Waals surface area contributed by atoms with Crippen LogP contribution in [-0.2, 0) is 6.42 Å². The topological polar surface area (TPSA) is 32.5 Å². The minimum Gasteiger partial charge on any atom is -0.373 e. The minimum absolute atomic E-state index is 0.283. The van der Waals surface area contributed by atoms with E-state index in [4.69, 9.17) is 5.73 Å². The quantitative estimate of drug-likeness (QED) is 0.838. The molecule has 0 bridgehead atoms. The number of likely N-dealkylation sites (N-methyl/N-ethyl adjacent to an activating group) is 2. The third-order valence-corrected chi connectivity index (χ3v) is 4.79. The fraction of sp³-hybridized carbons (Fsp3) is 0.667. The molecule has 1 fully saturated rings. The maximum atomic E-state index is 6.03. The number of likely N-dealkylation sites (tertiary alicyclic amines) is 1. The molecule has 2 unspecified atom stereocenters. The lowest BCUT2D eigenvalue weighted by molar-refractivity contribution is 0.270. The number of nitrogens with zero attached hydrogens (tertiary/aromatic N) is 2. The summed E-state index contributed by atoms with van der Waals surface area (Å²) in [6, 6.07) is 9.94. The van der Waals surface area contributed by atoms with Gasteiger partial charge in [-0.3, -0.25) is 4.90 Å². The molecule has 1 aliphatic heterocycles. The van der Waals surface area contributed by atoms with Crippen molar-refractivity contribution in [3.8, 4) is 0 Å². The van der Waals surface area contributed by atoms with Crippen molar-refractivity contribution >= 4 is 5.69 Å². The molecular weight excluding hydrogens is 258 g/mol. The molecule has 21 heavy (non-hydrogen) atoms. The fourth-order valence-corrected chi connectivity index (χ4v) is 3.27. The fourth-order valence-electron chi connectivity index (χ4n) is 3.27. The second-order valence-corrected chi connectivity index (χ2v) is 6.34. The summed E-state index contributed by atoms with van der Waals surface area (Å²) in [5.41, 5.74) is 8.68. The maximum absolute atomic E-state index is 6.03. The molecule has 0 aliphatic carbocycles. The van der Waals surface area contributed by atoms with E-state index in [1.807, 2.05) is 0 Å². The van der Waals surface area contributed by atoms with Gasteiger partial charge < -0.3 is 10.6 Å². The monoisotopic (exact) mass is 289 g/mol. The smallest absolute Gasteiger partial charge is 0.0364 e. The van der Waals surface area contributed by atoms with Crippen molar-refractivity contribution < 1.29 is 0 Å². The highest BCUT2D eigenvalue weighted by molar-refractivity contribution is 5.47. The number of hydrogen-bond acceptors (Lipinski definition) is 3. The first-order valence-electron chi connectivity index (χ1n) is 8.43. The Kier molecular flexibility index (Phi) is 6.07. The molecule has 1 saturated heterocycles. The van der Waals surface area contributed by atoms with E-state index >= 15 is 0 Å². The summed E-state index contributed by atoms with van der Waals surface area (Å²) >= 11 is 0. The molecule has 2 atom stereocenters. The number of anilines is 1. The first-order valence-corrected chi connectivity index (χ1v) is 8.43. The molecule has 0 spiro atoms. The van der Waals surface area contributed by atoms with Gasteiger partial charge >= 0.3 is 0 Å². The van der Waals surface area contributed by atoms with Crippen molar-refractivity contribution in [2.75, 3.05) is 31.6 Å². The van der Waals surface area contributed by atoms with E-state index < -0.39 is 0 Å². The van der Waals surface area contributed by atoms with Crippen LogP contribution in [0, 0.1) is 0 Å². The molecule has 3 heteroatoms. The van der Waals surface area contributed by atoms with E-state index in [1.54, 1.807) is 0 Å². The van der Waals surface area contributed by atoms with Gasteiger partial charge in [-0.2, -0.15) is 0 Å². The lowest BCUT2D eigenvalue weighted by Gasteiger charge is -2.29. The zero-order chi connectivity index (χ0) is 15.2. The van der Waals surface area contributed by atoms with Gasteiger partial charge in [0.2, 0.25) is 0 Å². The summed E-state index contributed by atoms with van der Waals surface area (Å²) in [7, 11) is 2.21. The Bertz CT molecular complexity index is 415. The lowest BCUT2D eigenvalue weighted by Crippen LogP contribution is -2.38. The Hall–Kier alpha value is -1.06. The molecule has 2 rings (SSSR count). The number of nitrogens with two attached hydrogens (primary N) is 1. The van der Waals surface area contributed by atoms with Gasteiger partial charge in [-0.25, -0.2) is 0 Å². The average molecular weight is 289 g/mol. The van der Waals surface area contributed by atoms with Crippen molar-refractivity contribution in [3.05, 3.63) is 29.8 Å². The Morgan fingerprint density at radius 1 is 1.29 bits per heavy atom. The van der Waals surface area contributed by atoms with E-state index in [0.717, 1.165) is 19.4 Å². The van der Waals surface area contributed by atoms with Crippen LogP contribution in [0.15, 0.2) is 24.3 Å². The lowest BCUT2D eigenvalue weighted by atomic mass is 10.0. The predicted octanol–water partition coefficient (Wildman–Crippen LogP) is 2.89. The van der Waals surface area contributed by atoms with Crippen molar-refractivity contribution in [1.82, 2.24) is 4.90 Å². The molecule has 0 saturated carbocycles. The Labute approximate surface area is 130 Å². The van der Waals surface area contributed by atoms with Crippen LogP contribution >= 0.6 is 0 Å². The third-order valence-electron chi connectivity index (χ3n) is 4.79. The highest BCUT2D eigenvalue weighted by Gasteiger charge is 2.24. The normalized spacial score (nSPS) is 20.7. The standard InChI is InChI=1S/C18H31N3/c1-4-16(19)13-15-8-10-17(11-9-15)20(3)14-18-7-6-12-21(18)5-2/h8-11,16,18H,4-7,12-14,19H2,1-3H3. The van der Waals surface area contributed by atoms with Gasteiger partial charge in [0.25, 0.3) is 0 Å². The van der Waals surface area contributed by atoms with Crippen molar-refractivity contribution in [2.24, 2.45) is 5.73 Å². The van der Waals surface area contributed by atoms with Gasteiger partial charge in [0.05, 0.1) is 0 Å². The highest BCUT2D eigenvalue weighted by atomic mass is 15.2. The summed E-state index contributed by atoms with van der Waals surface area (Å²) in [6.45, 7) is 7.98. The molecule has 3 nitrogen and oxygen atoms in total. The van der Waals surface area contributed by atoms with Gasteiger partial charge in [-0.15, -0.1) is 0 Å². The number of benzene rings is 1. The van der Waals surface area contributed by atoms with Gasteiger partial charge in [-0.05, 0) is 56.5 Å². The molecule has 0 radical (unpaired) electrons. The van der Waals surface area contributed by atoms with Crippen LogP contribution in [0.5, 0.6) is 0 Å². The minimum atomic E-state index is 0.283. The third kappa shape index (κ3) is 4.45. The highest BCUT2D eigenvalue weighted by Crippen LogP contribution is 2.21. The van der Waals surface area contributed by atoms with Crippen LogP contribution in [0.2, 0.25) is 0 Å². The van der Waals surface area contributed by atoms with Crippen LogP contribution in [-0.4, -0.2) is 43.7 Å². The van der Waals surface area contributed by atoms with E-state index in [0.29, 0.717) is 6.04 Å². The van der Waals surface area contributed by atoms with Gasteiger partial charge in [0, 0.05) is 31.4 Å². The van der Waals surface area contributed by atoms with Crippen molar-refractivity contribution in [3.63, 3.8) is 0 Å². The van der Waals surface area contributed by atoms with Crippen LogP contribution in [0.3, 0.4) is 0 Å². The molecule has 2 N–H and O–H groups in total. The first-order chi connectivity index (χ1) is 10.1. The van der Waals surface area contributed by atoms with E-state index in [2.05, 4.69) is 55.0 Å². The van der Waals surface area contributed by atoms with Crippen LogP contribution in [0.25, 0.3) is 0 Å². The van der Waals surface area contributed by atoms with Gasteiger partial charge in [0.15, 0.2) is 0 Å². The first kappa shape index (κ1) is 16.3. The van der Waals surface area contributed by atoms with Crippen LogP contribution in [0.1, 0.15) is 38.7 Å². The van der Waals surface area contributed by atoms with E-state index in [-0.39, 0.29) is 6.04 Å². The summed E-state index contributed by atoms with van der Waals surface area (Å²) < 4.78 is 0. The van der Waals surface area contributed by atoms with Crippen molar-refractivity contribution in [2.45, 2.75) is 51.6 Å². The molecule has 0 amide bonds. The summed E-state index contributed by atoms with van der Waals surface area (Å²) in [4.78, 5) is 4.99. The second-order valence-electron chi connectivity index (χ2n) is 6.34. The number of hydrogen-bond donors (Lipinski definition) is 1. The zero-order valence-electron chi connectivity index (χ0n) is 13.9. The average Bonchev–Trinajstić information content (AvgIpc) is 2.95. The Balaban J connectivity index is 1.91. The van der Waals surface area contributed by atoms with E-state index in [9.17, 15) is 0 Å². The second kappa shape index (κ2) is 7.81. The molecule has 1 aromatic rings. The van der Waals surface area contributed by atoms with Crippen LogP contribution < -0.4 is 10.6 Å².